The first kappa shape index (κ1) is 17.5. The zero-order chi connectivity index (χ0) is 19.5. The van der Waals surface area contributed by atoms with E-state index in [1.165, 1.54) is 6.33 Å². The highest BCUT2D eigenvalue weighted by molar-refractivity contribution is 6.05. The number of imidazole rings is 1. The van der Waals surface area contributed by atoms with Crippen LogP contribution >= 0.6 is 0 Å². The van der Waals surface area contributed by atoms with E-state index in [2.05, 4.69) is 20.3 Å². The molecule has 0 unspecified atom stereocenters. The molecule has 3 heterocycles. The smallest absolute Gasteiger partial charge is 0.259 e. The van der Waals surface area contributed by atoms with Gasteiger partial charge in [-0.1, -0.05) is 0 Å². The molecule has 0 spiro atoms. The first-order chi connectivity index (χ1) is 13.6. The molecule has 0 saturated heterocycles. The summed E-state index contributed by atoms with van der Waals surface area (Å²) in [5, 5.41) is 2.84. The van der Waals surface area contributed by atoms with E-state index in [9.17, 15) is 4.79 Å². The average molecular weight is 375 g/mol. The molecule has 1 aromatic carbocycles. The van der Waals surface area contributed by atoms with Gasteiger partial charge in [-0.3, -0.25) is 9.36 Å². The van der Waals surface area contributed by atoms with Crippen LogP contribution in [0.3, 0.4) is 0 Å². The van der Waals surface area contributed by atoms with E-state index >= 15 is 0 Å². The number of amides is 1. The molecule has 4 rings (SSSR count). The van der Waals surface area contributed by atoms with Crippen LogP contribution in [0, 0.1) is 13.8 Å². The van der Waals surface area contributed by atoms with Gasteiger partial charge in [-0.25, -0.2) is 15.0 Å². The van der Waals surface area contributed by atoms with Crippen molar-refractivity contribution in [3.8, 4) is 17.4 Å². The standard InChI is InChI=1S/C20H17N5O3/c1-13-9-17(14(2)27-13)20(26)24-15-3-5-16(6-4-15)28-19-10-18(22-11-23-19)25-8-7-21-12-25/h3-12H,1-2H3,(H,24,26). The lowest BCUT2D eigenvalue weighted by molar-refractivity contribution is 0.102. The number of benzene rings is 1. The Hall–Kier alpha value is -3.94. The molecule has 0 aliphatic carbocycles. The second-order valence-electron chi connectivity index (χ2n) is 6.09. The fourth-order valence-corrected chi connectivity index (χ4v) is 2.70. The number of hydrogen-bond acceptors (Lipinski definition) is 6. The van der Waals surface area contributed by atoms with Crippen LogP contribution in [0.1, 0.15) is 21.9 Å². The minimum Gasteiger partial charge on any atom is -0.466 e. The summed E-state index contributed by atoms with van der Waals surface area (Å²) >= 11 is 0. The van der Waals surface area contributed by atoms with Crippen molar-refractivity contribution < 1.29 is 13.9 Å². The monoisotopic (exact) mass is 375 g/mol. The number of nitrogens with one attached hydrogen (secondary N) is 1. The number of anilines is 1. The van der Waals surface area contributed by atoms with E-state index < -0.39 is 0 Å². The first-order valence-corrected chi connectivity index (χ1v) is 8.55. The van der Waals surface area contributed by atoms with Crippen molar-refractivity contribution >= 4 is 11.6 Å². The zero-order valence-electron chi connectivity index (χ0n) is 15.3. The molecular formula is C20H17N5O3. The molecule has 0 atom stereocenters. The van der Waals surface area contributed by atoms with Crippen LogP contribution in [-0.4, -0.2) is 25.4 Å². The van der Waals surface area contributed by atoms with Gasteiger partial charge < -0.3 is 14.5 Å². The molecule has 8 heteroatoms. The number of aryl methyl sites for hydroxylation is 2. The fraction of sp³-hybridized carbons (Fsp3) is 0.100. The molecule has 28 heavy (non-hydrogen) atoms. The number of carbonyl (C=O) groups excluding carboxylic acids is 1. The third-order valence-electron chi connectivity index (χ3n) is 4.02. The van der Waals surface area contributed by atoms with E-state index in [1.807, 2.05) is 0 Å². The Morgan fingerprint density at radius 1 is 1.14 bits per heavy atom. The molecule has 0 aliphatic rings. The summed E-state index contributed by atoms with van der Waals surface area (Å²) < 4.78 is 12.9. The molecule has 3 aromatic heterocycles. The molecular weight excluding hydrogens is 358 g/mol. The number of aromatic nitrogens is 4. The Kier molecular flexibility index (Phi) is 4.59. The second kappa shape index (κ2) is 7.36. The van der Waals surface area contributed by atoms with E-state index in [-0.39, 0.29) is 5.91 Å². The van der Waals surface area contributed by atoms with Crippen LogP contribution in [0.15, 0.2) is 65.9 Å². The summed E-state index contributed by atoms with van der Waals surface area (Å²) in [6, 6.07) is 10.4. The molecule has 1 N–H and O–H groups in total. The van der Waals surface area contributed by atoms with Crippen LogP contribution in [0.2, 0.25) is 0 Å². The summed E-state index contributed by atoms with van der Waals surface area (Å²) in [6.07, 6.45) is 6.52. The van der Waals surface area contributed by atoms with Crippen LogP contribution in [0.5, 0.6) is 11.6 Å². The summed E-state index contributed by atoms with van der Waals surface area (Å²) in [6.45, 7) is 3.57. The van der Waals surface area contributed by atoms with Gasteiger partial charge in [-0.2, -0.15) is 0 Å². The highest BCUT2D eigenvalue weighted by atomic mass is 16.5. The largest absolute Gasteiger partial charge is 0.466 e. The molecule has 1 amide bonds. The Morgan fingerprint density at radius 3 is 2.64 bits per heavy atom. The first-order valence-electron chi connectivity index (χ1n) is 8.55. The average Bonchev–Trinajstić information content (AvgIpc) is 3.33. The number of nitrogens with zero attached hydrogens (tertiary/aromatic N) is 4. The summed E-state index contributed by atoms with van der Waals surface area (Å²) in [5.74, 6) is 2.71. The lowest BCUT2D eigenvalue weighted by Gasteiger charge is -2.08. The minimum absolute atomic E-state index is 0.219. The van der Waals surface area contributed by atoms with E-state index in [4.69, 9.17) is 9.15 Å². The van der Waals surface area contributed by atoms with E-state index in [0.717, 1.165) is 0 Å². The summed E-state index contributed by atoms with van der Waals surface area (Å²) in [7, 11) is 0. The maximum Gasteiger partial charge on any atom is 0.259 e. The van der Waals surface area contributed by atoms with Crippen LogP contribution in [-0.2, 0) is 0 Å². The Labute approximate surface area is 160 Å². The highest BCUT2D eigenvalue weighted by Crippen LogP contribution is 2.23. The van der Waals surface area contributed by atoms with Crippen molar-refractivity contribution in [2.75, 3.05) is 5.32 Å². The number of carbonyl (C=O) groups is 1. The van der Waals surface area contributed by atoms with Crippen LogP contribution < -0.4 is 10.1 Å². The zero-order valence-corrected chi connectivity index (χ0v) is 15.3. The number of hydrogen-bond donors (Lipinski definition) is 1. The third-order valence-corrected chi connectivity index (χ3v) is 4.02. The van der Waals surface area contributed by atoms with Gasteiger partial charge in [0.25, 0.3) is 5.91 Å². The van der Waals surface area contributed by atoms with Gasteiger partial charge in [0.1, 0.15) is 35.7 Å². The van der Waals surface area contributed by atoms with E-state index in [0.29, 0.717) is 40.2 Å². The third kappa shape index (κ3) is 3.75. The Morgan fingerprint density at radius 2 is 1.96 bits per heavy atom. The number of furan rings is 1. The molecule has 0 aliphatic heterocycles. The van der Waals surface area contributed by atoms with E-state index in [1.54, 1.807) is 73.5 Å². The molecule has 0 bridgehead atoms. The van der Waals surface area contributed by atoms with Gasteiger partial charge >= 0.3 is 0 Å². The molecule has 0 radical (unpaired) electrons. The van der Waals surface area contributed by atoms with Gasteiger partial charge in [0.05, 0.1) is 5.56 Å². The Balaban J connectivity index is 1.44. The van der Waals surface area contributed by atoms with Gasteiger partial charge in [0.15, 0.2) is 0 Å². The van der Waals surface area contributed by atoms with Gasteiger partial charge in [-0.05, 0) is 44.2 Å². The van der Waals surface area contributed by atoms with Crippen LogP contribution in [0.4, 0.5) is 5.69 Å². The SMILES string of the molecule is Cc1cc(C(=O)Nc2ccc(Oc3cc(-n4ccnc4)ncn3)cc2)c(C)o1. The predicted molar refractivity (Wildman–Crippen MR) is 102 cm³/mol. The van der Waals surface area contributed by atoms with Crippen molar-refractivity contribution in [1.82, 2.24) is 19.5 Å². The quantitative estimate of drug-likeness (QED) is 0.568. The predicted octanol–water partition coefficient (Wildman–Crippen LogP) is 3.92. The highest BCUT2D eigenvalue weighted by Gasteiger charge is 2.13. The lowest BCUT2D eigenvalue weighted by atomic mass is 10.2. The minimum atomic E-state index is -0.219. The van der Waals surface area contributed by atoms with Crippen LogP contribution in [0.25, 0.3) is 5.82 Å². The van der Waals surface area contributed by atoms with Gasteiger partial charge in [0.2, 0.25) is 5.88 Å². The fourth-order valence-electron chi connectivity index (χ4n) is 2.70. The molecule has 8 nitrogen and oxygen atoms in total. The van der Waals surface area contributed by atoms with Crippen molar-refractivity contribution in [3.05, 3.63) is 78.5 Å². The van der Waals surface area contributed by atoms with Crippen molar-refractivity contribution in [1.29, 1.82) is 0 Å². The van der Waals surface area contributed by atoms with Crippen molar-refractivity contribution in [2.24, 2.45) is 0 Å². The van der Waals surface area contributed by atoms with Gasteiger partial charge in [0, 0.05) is 24.1 Å². The molecule has 0 saturated carbocycles. The molecule has 0 fully saturated rings. The number of ether oxygens (including phenoxy) is 1. The summed E-state index contributed by atoms with van der Waals surface area (Å²) in [5.41, 5.74) is 1.17. The second-order valence-corrected chi connectivity index (χ2v) is 6.09. The van der Waals surface area contributed by atoms with Gasteiger partial charge in [-0.15, -0.1) is 0 Å². The maximum absolute atomic E-state index is 12.3. The molecule has 4 aromatic rings. The molecule has 140 valence electrons. The summed E-state index contributed by atoms with van der Waals surface area (Å²) in [4.78, 5) is 24.6. The maximum atomic E-state index is 12.3. The topological polar surface area (TPSA) is 95.1 Å². The Bertz CT molecular complexity index is 1100. The normalized spacial score (nSPS) is 10.6. The van der Waals surface area contributed by atoms with Crippen molar-refractivity contribution in [2.45, 2.75) is 13.8 Å². The lowest BCUT2D eigenvalue weighted by Crippen LogP contribution is -2.11. The van der Waals surface area contributed by atoms with Crippen molar-refractivity contribution in [3.63, 3.8) is 0 Å². The number of rotatable bonds is 5.